The number of hydrogen-bond acceptors (Lipinski definition) is 3. The van der Waals surface area contributed by atoms with Crippen LogP contribution in [-0.2, 0) is 0 Å². The van der Waals surface area contributed by atoms with Crippen molar-refractivity contribution in [1.82, 2.24) is 10.1 Å². The van der Waals surface area contributed by atoms with Gasteiger partial charge in [0.15, 0.2) is 11.5 Å². The molecule has 1 aliphatic heterocycles. The van der Waals surface area contributed by atoms with Gasteiger partial charge in [-0.1, -0.05) is 28.4 Å². The van der Waals surface area contributed by atoms with Gasteiger partial charge in [0.25, 0.3) is 5.91 Å². The molecule has 3 rings (SSSR count). The summed E-state index contributed by atoms with van der Waals surface area (Å²) >= 11 is 11.8. The maximum Gasteiger partial charge on any atom is 0.276 e. The molecule has 2 heterocycles. The summed E-state index contributed by atoms with van der Waals surface area (Å²) in [5.74, 6) is 0.420. The van der Waals surface area contributed by atoms with Crippen LogP contribution in [0.2, 0.25) is 10.0 Å². The summed E-state index contributed by atoms with van der Waals surface area (Å²) in [5, 5.41) is 4.76. The van der Waals surface area contributed by atoms with Crippen molar-refractivity contribution in [3.63, 3.8) is 0 Å². The molecular weight excluding hydrogens is 299 g/mol. The van der Waals surface area contributed by atoms with Gasteiger partial charge in [-0.15, -0.1) is 0 Å². The van der Waals surface area contributed by atoms with Gasteiger partial charge in [-0.2, -0.15) is 0 Å². The van der Waals surface area contributed by atoms with Crippen LogP contribution < -0.4 is 0 Å². The SMILES string of the molecule is O=C(c1cc(-c2ccc(Cl)c(Cl)c2)on1)N1CCCC1. The average molecular weight is 311 g/mol. The molecule has 2 aromatic rings. The Labute approximate surface area is 126 Å². The number of aromatic nitrogens is 1. The van der Waals surface area contributed by atoms with Gasteiger partial charge in [-0.25, -0.2) is 0 Å². The molecule has 0 unspecified atom stereocenters. The Kier molecular flexibility index (Phi) is 3.68. The van der Waals surface area contributed by atoms with Crippen LogP contribution in [0.4, 0.5) is 0 Å². The number of carbonyl (C=O) groups is 1. The highest BCUT2D eigenvalue weighted by Crippen LogP contribution is 2.29. The third kappa shape index (κ3) is 2.53. The molecular formula is C14H12Cl2N2O2. The van der Waals surface area contributed by atoms with E-state index in [1.807, 2.05) is 0 Å². The Morgan fingerprint density at radius 3 is 2.60 bits per heavy atom. The summed E-state index contributed by atoms with van der Waals surface area (Å²) in [6.45, 7) is 1.57. The molecule has 6 heteroatoms. The highest BCUT2D eigenvalue weighted by molar-refractivity contribution is 6.42. The van der Waals surface area contributed by atoms with Crippen molar-refractivity contribution in [3.8, 4) is 11.3 Å². The molecule has 1 aromatic heterocycles. The molecule has 4 nitrogen and oxygen atoms in total. The quantitative estimate of drug-likeness (QED) is 0.845. The predicted octanol–water partition coefficient (Wildman–Crippen LogP) is 3.88. The van der Waals surface area contributed by atoms with Crippen molar-refractivity contribution < 1.29 is 9.32 Å². The molecule has 0 radical (unpaired) electrons. The van der Waals surface area contributed by atoms with Crippen molar-refractivity contribution in [2.45, 2.75) is 12.8 Å². The number of carbonyl (C=O) groups excluding carboxylic acids is 1. The Morgan fingerprint density at radius 2 is 1.90 bits per heavy atom. The smallest absolute Gasteiger partial charge is 0.276 e. The highest BCUT2D eigenvalue weighted by atomic mass is 35.5. The van der Waals surface area contributed by atoms with E-state index < -0.39 is 0 Å². The Hall–Kier alpha value is -1.52. The molecule has 0 spiro atoms. The zero-order valence-electron chi connectivity index (χ0n) is 10.6. The number of likely N-dealkylation sites (tertiary alicyclic amines) is 1. The summed E-state index contributed by atoms with van der Waals surface area (Å²) in [4.78, 5) is 14.0. The third-order valence-corrected chi connectivity index (χ3v) is 4.07. The van der Waals surface area contributed by atoms with E-state index in [1.54, 1.807) is 29.2 Å². The molecule has 0 bridgehead atoms. The van der Waals surface area contributed by atoms with Crippen molar-refractivity contribution in [3.05, 3.63) is 40.0 Å². The number of hydrogen-bond donors (Lipinski definition) is 0. The number of amides is 1. The fourth-order valence-corrected chi connectivity index (χ4v) is 2.54. The molecule has 1 saturated heterocycles. The van der Waals surface area contributed by atoms with Gasteiger partial charge in [0.2, 0.25) is 0 Å². The molecule has 0 aliphatic carbocycles. The first kappa shape index (κ1) is 13.5. The average Bonchev–Trinajstić information content (AvgIpc) is 3.11. The Morgan fingerprint density at radius 1 is 1.15 bits per heavy atom. The first-order valence-electron chi connectivity index (χ1n) is 6.36. The maximum absolute atomic E-state index is 12.2. The molecule has 20 heavy (non-hydrogen) atoms. The van der Waals surface area contributed by atoms with Crippen LogP contribution in [0.3, 0.4) is 0 Å². The Bertz CT molecular complexity index is 648. The standard InChI is InChI=1S/C14H12Cl2N2O2/c15-10-4-3-9(7-11(10)16)13-8-12(17-20-13)14(19)18-5-1-2-6-18/h3-4,7-8H,1-2,5-6H2. The zero-order chi connectivity index (χ0) is 14.1. The van der Waals surface area contributed by atoms with Crippen LogP contribution in [0.15, 0.2) is 28.8 Å². The normalized spacial score (nSPS) is 14.8. The fourth-order valence-electron chi connectivity index (χ4n) is 2.24. The van der Waals surface area contributed by atoms with Crippen LogP contribution in [0.1, 0.15) is 23.3 Å². The van der Waals surface area contributed by atoms with Gasteiger partial charge in [-0.3, -0.25) is 4.79 Å². The van der Waals surface area contributed by atoms with Crippen molar-refractivity contribution in [2.24, 2.45) is 0 Å². The van der Waals surface area contributed by atoms with E-state index in [0.717, 1.165) is 31.5 Å². The lowest BCUT2D eigenvalue weighted by Crippen LogP contribution is -2.27. The summed E-state index contributed by atoms with van der Waals surface area (Å²) in [7, 11) is 0. The second-order valence-corrected chi connectivity index (χ2v) is 5.52. The van der Waals surface area contributed by atoms with Gasteiger partial charge >= 0.3 is 0 Å². The van der Waals surface area contributed by atoms with Crippen LogP contribution >= 0.6 is 23.2 Å². The van der Waals surface area contributed by atoms with Crippen LogP contribution in [0, 0.1) is 0 Å². The lowest BCUT2D eigenvalue weighted by molar-refractivity contribution is 0.0782. The molecule has 0 saturated carbocycles. The monoisotopic (exact) mass is 310 g/mol. The zero-order valence-corrected chi connectivity index (χ0v) is 12.1. The lowest BCUT2D eigenvalue weighted by Gasteiger charge is -2.12. The fraction of sp³-hybridized carbons (Fsp3) is 0.286. The van der Waals surface area contributed by atoms with E-state index in [4.69, 9.17) is 27.7 Å². The molecule has 0 atom stereocenters. The van der Waals surface area contributed by atoms with E-state index in [-0.39, 0.29) is 5.91 Å². The summed E-state index contributed by atoms with van der Waals surface area (Å²) in [6, 6.07) is 6.79. The summed E-state index contributed by atoms with van der Waals surface area (Å²) < 4.78 is 5.23. The molecule has 104 valence electrons. The first-order valence-corrected chi connectivity index (χ1v) is 7.12. The minimum Gasteiger partial charge on any atom is -0.355 e. The van der Waals surface area contributed by atoms with Gasteiger partial charge in [0.1, 0.15) is 0 Å². The van der Waals surface area contributed by atoms with Crippen LogP contribution in [0.25, 0.3) is 11.3 Å². The van der Waals surface area contributed by atoms with Crippen molar-refractivity contribution >= 4 is 29.1 Å². The summed E-state index contributed by atoms with van der Waals surface area (Å²) in [6.07, 6.45) is 2.09. The highest BCUT2D eigenvalue weighted by Gasteiger charge is 2.23. The van der Waals surface area contributed by atoms with E-state index in [0.29, 0.717) is 21.5 Å². The minimum absolute atomic E-state index is 0.0856. The van der Waals surface area contributed by atoms with E-state index in [2.05, 4.69) is 5.16 Å². The van der Waals surface area contributed by atoms with Gasteiger partial charge in [0, 0.05) is 24.7 Å². The minimum atomic E-state index is -0.0856. The van der Waals surface area contributed by atoms with E-state index in [1.165, 1.54) is 0 Å². The number of nitrogens with zero attached hydrogens (tertiary/aromatic N) is 2. The Balaban J connectivity index is 1.85. The van der Waals surface area contributed by atoms with Gasteiger partial charge in [0.05, 0.1) is 10.0 Å². The van der Waals surface area contributed by atoms with Crippen molar-refractivity contribution in [1.29, 1.82) is 0 Å². The second kappa shape index (κ2) is 5.46. The number of benzene rings is 1. The molecule has 0 N–H and O–H groups in total. The molecule has 1 aromatic carbocycles. The van der Waals surface area contributed by atoms with Crippen molar-refractivity contribution in [2.75, 3.05) is 13.1 Å². The lowest BCUT2D eigenvalue weighted by atomic mass is 10.1. The van der Waals surface area contributed by atoms with Gasteiger partial charge < -0.3 is 9.42 Å². The molecule has 1 aliphatic rings. The molecule has 1 fully saturated rings. The third-order valence-electron chi connectivity index (χ3n) is 3.33. The van der Waals surface area contributed by atoms with Crippen LogP contribution in [0.5, 0.6) is 0 Å². The van der Waals surface area contributed by atoms with E-state index in [9.17, 15) is 4.79 Å². The van der Waals surface area contributed by atoms with Crippen LogP contribution in [-0.4, -0.2) is 29.1 Å². The number of rotatable bonds is 2. The predicted molar refractivity (Wildman–Crippen MR) is 77.1 cm³/mol. The van der Waals surface area contributed by atoms with Gasteiger partial charge in [-0.05, 0) is 31.0 Å². The largest absolute Gasteiger partial charge is 0.355 e. The number of halogens is 2. The second-order valence-electron chi connectivity index (χ2n) is 4.70. The summed E-state index contributed by atoms with van der Waals surface area (Å²) in [5.41, 5.74) is 1.07. The maximum atomic E-state index is 12.2. The topological polar surface area (TPSA) is 46.3 Å². The first-order chi connectivity index (χ1) is 9.65. The van der Waals surface area contributed by atoms with E-state index >= 15 is 0 Å². The molecule has 1 amide bonds.